The van der Waals surface area contributed by atoms with Gasteiger partial charge in [-0.2, -0.15) is 5.26 Å². The Bertz CT molecular complexity index is 560. The van der Waals surface area contributed by atoms with Crippen LogP contribution in [0.3, 0.4) is 0 Å². The van der Waals surface area contributed by atoms with Gasteiger partial charge in [0.05, 0.1) is 22.9 Å². The van der Waals surface area contributed by atoms with Gasteiger partial charge in [-0.3, -0.25) is 4.79 Å². The number of benzene rings is 1. The van der Waals surface area contributed by atoms with E-state index in [1.165, 1.54) is 11.8 Å². The normalized spacial score (nSPS) is 20.2. The van der Waals surface area contributed by atoms with Gasteiger partial charge < -0.3 is 10.6 Å². The Kier molecular flexibility index (Phi) is 2.49. The summed E-state index contributed by atoms with van der Waals surface area (Å²) in [5, 5.41) is 9.16. The number of carbonyl (C=O) groups is 1. The molecule has 18 heavy (non-hydrogen) atoms. The molecule has 1 fully saturated rings. The molecule has 1 aliphatic heterocycles. The number of nitrogens with two attached hydrogens (primary N) is 1. The quantitative estimate of drug-likeness (QED) is 0.825. The Hall–Kier alpha value is -1.67. The fraction of sp³-hybridized carbons (Fsp3) is 0.385. The second-order valence-electron chi connectivity index (χ2n) is 4.89. The number of rotatable bonds is 2. The minimum absolute atomic E-state index is 0.0691. The number of fused-ring (bicyclic) bond motifs is 1. The van der Waals surface area contributed by atoms with Crippen molar-refractivity contribution in [3.8, 4) is 6.07 Å². The van der Waals surface area contributed by atoms with Crippen LogP contribution in [0.15, 0.2) is 23.1 Å². The number of thioether (sulfide) groups is 1. The molecule has 1 saturated carbocycles. The van der Waals surface area contributed by atoms with Crippen LogP contribution in [-0.2, 0) is 4.79 Å². The van der Waals surface area contributed by atoms with Crippen LogP contribution in [-0.4, -0.2) is 18.2 Å². The van der Waals surface area contributed by atoms with Crippen LogP contribution in [0, 0.1) is 16.7 Å². The zero-order valence-corrected chi connectivity index (χ0v) is 10.7. The van der Waals surface area contributed by atoms with Crippen molar-refractivity contribution in [2.75, 3.05) is 22.9 Å². The molecule has 1 heterocycles. The number of nitriles is 1. The van der Waals surface area contributed by atoms with Gasteiger partial charge in [-0.25, -0.2) is 0 Å². The number of carbonyl (C=O) groups excluding carboxylic acids is 1. The molecule has 1 amide bonds. The minimum atomic E-state index is -0.320. The number of nitrogens with zero attached hydrogens (tertiary/aromatic N) is 2. The average Bonchev–Trinajstić information content (AvgIpc) is 3.14. The molecule has 0 saturated heterocycles. The van der Waals surface area contributed by atoms with Crippen molar-refractivity contribution in [3.63, 3.8) is 0 Å². The fourth-order valence-corrected chi connectivity index (χ4v) is 3.07. The van der Waals surface area contributed by atoms with E-state index in [1.54, 1.807) is 4.90 Å². The number of anilines is 2. The second kappa shape index (κ2) is 3.92. The molecule has 4 nitrogen and oxygen atoms in total. The van der Waals surface area contributed by atoms with E-state index in [2.05, 4.69) is 6.07 Å². The molecule has 0 atom stereocenters. The topological polar surface area (TPSA) is 70.1 Å². The number of amides is 1. The first-order valence-corrected chi connectivity index (χ1v) is 6.86. The summed E-state index contributed by atoms with van der Waals surface area (Å²) in [5.74, 6) is 0.512. The van der Waals surface area contributed by atoms with E-state index >= 15 is 0 Å². The van der Waals surface area contributed by atoms with Gasteiger partial charge in [-0.05, 0) is 31.0 Å². The Morgan fingerprint density at radius 2 is 2.28 bits per heavy atom. The summed E-state index contributed by atoms with van der Waals surface area (Å²) >= 11 is 1.53. The van der Waals surface area contributed by atoms with Gasteiger partial charge in [0.2, 0.25) is 5.91 Å². The molecule has 5 heteroatoms. The first-order chi connectivity index (χ1) is 8.63. The van der Waals surface area contributed by atoms with Crippen molar-refractivity contribution in [2.24, 2.45) is 5.41 Å². The highest BCUT2D eigenvalue weighted by Crippen LogP contribution is 2.48. The van der Waals surface area contributed by atoms with Gasteiger partial charge in [0.15, 0.2) is 0 Å². The van der Waals surface area contributed by atoms with Crippen molar-refractivity contribution in [3.05, 3.63) is 18.2 Å². The molecule has 0 aromatic heterocycles. The molecule has 1 aliphatic carbocycles. The van der Waals surface area contributed by atoms with Crippen LogP contribution >= 0.6 is 11.8 Å². The Balaban J connectivity index is 1.97. The van der Waals surface area contributed by atoms with Crippen LogP contribution in [0.5, 0.6) is 0 Å². The van der Waals surface area contributed by atoms with Crippen LogP contribution < -0.4 is 10.6 Å². The van der Waals surface area contributed by atoms with E-state index < -0.39 is 0 Å². The van der Waals surface area contributed by atoms with E-state index in [4.69, 9.17) is 11.0 Å². The Labute approximate surface area is 110 Å². The summed E-state index contributed by atoms with van der Waals surface area (Å²) in [6.45, 7) is 0.499. The minimum Gasteiger partial charge on any atom is -0.399 e. The third kappa shape index (κ3) is 1.83. The SMILES string of the molecule is N#CC1(CN2C(=O)CSc3ccc(N)cc32)CC1. The van der Waals surface area contributed by atoms with Gasteiger partial charge in [0.25, 0.3) is 0 Å². The van der Waals surface area contributed by atoms with Crippen molar-refractivity contribution < 1.29 is 4.79 Å². The van der Waals surface area contributed by atoms with Crippen LogP contribution in [0.1, 0.15) is 12.8 Å². The lowest BCUT2D eigenvalue weighted by Gasteiger charge is -2.30. The monoisotopic (exact) mass is 259 g/mol. The predicted octanol–water partition coefficient (Wildman–Crippen LogP) is 2.01. The molecule has 3 rings (SSSR count). The molecule has 2 N–H and O–H groups in total. The Morgan fingerprint density at radius 3 is 2.94 bits per heavy atom. The molecule has 0 bridgehead atoms. The highest BCUT2D eigenvalue weighted by atomic mass is 32.2. The van der Waals surface area contributed by atoms with Crippen molar-refractivity contribution in [1.29, 1.82) is 5.26 Å². The number of hydrogen-bond donors (Lipinski definition) is 1. The largest absolute Gasteiger partial charge is 0.399 e. The standard InChI is InChI=1S/C13H13N3OS/c14-7-13(3-4-13)8-16-10-5-9(15)1-2-11(10)18-6-12(16)17/h1-2,5H,3-4,6,8,15H2. The van der Waals surface area contributed by atoms with Gasteiger partial charge in [-0.15, -0.1) is 11.8 Å². The molecule has 0 unspecified atom stereocenters. The first-order valence-electron chi connectivity index (χ1n) is 5.87. The predicted molar refractivity (Wildman–Crippen MR) is 71.2 cm³/mol. The zero-order valence-electron chi connectivity index (χ0n) is 9.85. The number of nitrogen functional groups attached to an aromatic ring is 1. The lowest BCUT2D eigenvalue weighted by atomic mass is 10.1. The highest BCUT2D eigenvalue weighted by molar-refractivity contribution is 8.00. The van der Waals surface area contributed by atoms with Gasteiger partial charge in [0, 0.05) is 17.1 Å². The molecule has 1 aromatic carbocycles. The van der Waals surface area contributed by atoms with Crippen LogP contribution in [0.2, 0.25) is 0 Å². The van der Waals surface area contributed by atoms with Gasteiger partial charge in [0.1, 0.15) is 0 Å². The van der Waals surface area contributed by atoms with Crippen molar-refractivity contribution in [1.82, 2.24) is 0 Å². The van der Waals surface area contributed by atoms with Crippen molar-refractivity contribution in [2.45, 2.75) is 17.7 Å². The van der Waals surface area contributed by atoms with E-state index in [9.17, 15) is 4.79 Å². The summed E-state index contributed by atoms with van der Waals surface area (Å²) in [4.78, 5) is 14.8. The smallest absolute Gasteiger partial charge is 0.237 e. The summed E-state index contributed by atoms with van der Waals surface area (Å²) in [6, 6.07) is 7.95. The summed E-state index contributed by atoms with van der Waals surface area (Å²) in [6.07, 6.45) is 1.77. The second-order valence-corrected chi connectivity index (χ2v) is 5.91. The lowest BCUT2D eigenvalue weighted by Crippen LogP contribution is -2.39. The van der Waals surface area contributed by atoms with Gasteiger partial charge >= 0.3 is 0 Å². The maximum absolute atomic E-state index is 12.0. The third-order valence-corrected chi connectivity index (χ3v) is 4.53. The highest BCUT2D eigenvalue weighted by Gasteiger charge is 2.46. The van der Waals surface area contributed by atoms with Crippen LogP contribution in [0.25, 0.3) is 0 Å². The molecule has 92 valence electrons. The fourth-order valence-electron chi connectivity index (χ4n) is 2.15. The molecule has 0 radical (unpaired) electrons. The number of hydrogen-bond acceptors (Lipinski definition) is 4. The first kappa shape index (κ1) is 11.4. The maximum atomic E-state index is 12.0. The Morgan fingerprint density at radius 1 is 1.50 bits per heavy atom. The average molecular weight is 259 g/mol. The lowest BCUT2D eigenvalue weighted by molar-refractivity contribution is -0.116. The summed E-state index contributed by atoms with van der Waals surface area (Å²) < 4.78 is 0. The summed E-state index contributed by atoms with van der Waals surface area (Å²) in [7, 11) is 0. The van der Waals surface area contributed by atoms with E-state index in [1.807, 2.05) is 18.2 Å². The zero-order chi connectivity index (χ0) is 12.8. The molecular weight excluding hydrogens is 246 g/mol. The molecule has 2 aliphatic rings. The molecule has 0 spiro atoms. The van der Waals surface area contributed by atoms with E-state index in [0.29, 0.717) is 18.0 Å². The molecular formula is C13H13N3OS. The molecule has 1 aromatic rings. The third-order valence-electron chi connectivity index (χ3n) is 3.48. The summed E-state index contributed by atoms with van der Waals surface area (Å²) in [5.41, 5.74) is 6.98. The van der Waals surface area contributed by atoms with Crippen LogP contribution in [0.4, 0.5) is 11.4 Å². The maximum Gasteiger partial charge on any atom is 0.237 e. The van der Waals surface area contributed by atoms with E-state index in [0.717, 1.165) is 23.4 Å². The van der Waals surface area contributed by atoms with E-state index in [-0.39, 0.29) is 11.3 Å². The van der Waals surface area contributed by atoms with Gasteiger partial charge in [-0.1, -0.05) is 0 Å². The van der Waals surface area contributed by atoms with Crippen molar-refractivity contribution >= 4 is 29.0 Å².